The van der Waals surface area contributed by atoms with E-state index in [4.69, 9.17) is 0 Å². The van der Waals surface area contributed by atoms with Gasteiger partial charge in [-0.2, -0.15) is 4.52 Å². The highest BCUT2D eigenvalue weighted by Crippen LogP contribution is 2.38. The van der Waals surface area contributed by atoms with E-state index in [1.54, 1.807) is 32.1 Å². The van der Waals surface area contributed by atoms with Crippen LogP contribution in [0, 0.1) is 19.8 Å². The predicted molar refractivity (Wildman–Crippen MR) is 97.3 cm³/mol. The van der Waals surface area contributed by atoms with E-state index >= 15 is 0 Å². The Balaban J connectivity index is 1.83. The molecule has 1 fully saturated rings. The molecule has 3 aromatic rings. The number of nitrogens with zero attached hydrogens (tertiary/aromatic N) is 3. The molecule has 24 heavy (non-hydrogen) atoms. The van der Waals surface area contributed by atoms with E-state index in [2.05, 4.69) is 35.4 Å². The van der Waals surface area contributed by atoms with Crippen molar-refractivity contribution in [2.45, 2.75) is 39.7 Å². The fraction of sp³-hybridized carbons (Fsp3) is 0.529. The molecular formula is C17H23N4OS2+. The summed E-state index contributed by atoms with van der Waals surface area (Å²) in [5, 5.41) is 17.3. The van der Waals surface area contributed by atoms with Crippen LogP contribution in [0.2, 0.25) is 0 Å². The lowest BCUT2D eigenvalue weighted by molar-refractivity contribution is -0.933. The lowest BCUT2D eigenvalue weighted by atomic mass is 9.97. The van der Waals surface area contributed by atoms with Crippen LogP contribution >= 0.6 is 22.7 Å². The van der Waals surface area contributed by atoms with Crippen LogP contribution < -0.4 is 4.90 Å². The third-order valence-electron chi connectivity index (χ3n) is 4.95. The molecule has 0 spiro atoms. The van der Waals surface area contributed by atoms with Crippen LogP contribution in [0.25, 0.3) is 4.96 Å². The summed E-state index contributed by atoms with van der Waals surface area (Å²) in [5.41, 5.74) is 1.31. The summed E-state index contributed by atoms with van der Waals surface area (Å²) >= 11 is 3.38. The average molecular weight is 364 g/mol. The zero-order valence-corrected chi connectivity index (χ0v) is 15.9. The Morgan fingerprint density at radius 3 is 2.88 bits per heavy atom. The minimum absolute atomic E-state index is 0.182. The molecule has 0 aromatic carbocycles. The first-order chi connectivity index (χ1) is 11.5. The molecule has 0 amide bonds. The zero-order chi connectivity index (χ0) is 16.8. The van der Waals surface area contributed by atoms with Crippen molar-refractivity contribution >= 4 is 27.6 Å². The summed E-state index contributed by atoms with van der Waals surface area (Å²) < 4.78 is 1.60. The number of thiophene rings is 1. The molecular weight excluding hydrogens is 340 g/mol. The third kappa shape index (κ3) is 2.64. The average Bonchev–Trinajstić information content (AvgIpc) is 3.19. The van der Waals surface area contributed by atoms with E-state index in [9.17, 15) is 5.11 Å². The van der Waals surface area contributed by atoms with E-state index in [1.807, 2.05) is 6.92 Å². The van der Waals surface area contributed by atoms with Gasteiger partial charge in [0.25, 0.3) is 0 Å². The second-order valence-corrected chi connectivity index (χ2v) is 8.86. The SMILES string of the molecule is Cc1nc2sc([C@@H](c3sccc3C)[NH+]3CCC[C@H](C)C3)c(O)n2n1. The van der Waals surface area contributed by atoms with Crippen molar-refractivity contribution in [1.29, 1.82) is 0 Å². The first-order valence-corrected chi connectivity index (χ1v) is 10.2. The van der Waals surface area contributed by atoms with Crippen LogP contribution in [-0.2, 0) is 0 Å². The van der Waals surface area contributed by atoms with Gasteiger partial charge in [0.15, 0.2) is 6.04 Å². The number of likely N-dealkylation sites (tertiary alicyclic amines) is 1. The van der Waals surface area contributed by atoms with Gasteiger partial charge in [0, 0.05) is 5.92 Å². The van der Waals surface area contributed by atoms with Gasteiger partial charge in [-0.3, -0.25) is 0 Å². The van der Waals surface area contributed by atoms with Crippen LogP contribution in [0.5, 0.6) is 5.88 Å². The molecule has 3 aromatic heterocycles. The van der Waals surface area contributed by atoms with Gasteiger partial charge in [-0.15, -0.1) is 16.4 Å². The van der Waals surface area contributed by atoms with Crippen molar-refractivity contribution in [3.8, 4) is 5.88 Å². The smallest absolute Gasteiger partial charge is 0.235 e. The molecule has 128 valence electrons. The number of piperidine rings is 1. The van der Waals surface area contributed by atoms with Crippen molar-refractivity contribution in [3.05, 3.63) is 32.6 Å². The fourth-order valence-electron chi connectivity index (χ4n) is 3.80. The van der Waals surface area contributed by atoms with Crippen LogP contribution in [0.4, 0.5) is 0 Å². The summed E-state index contributed by atoms with van der Waals surface area (Å²) in [5.74, 6) is 1.69. The van der Waals surface area contributed by atoms with E-state index < -0.39 is 0 Å². The van der Waals surface area contributed by atoms with Crippen LogP contribution in [-0.4, -0.2) is 32.8 Å². The monoisotopic (exact) mass is 363 g/mol. The minimum Gasteiger partial charge on any atom is -0.492 e. The molecule has 1 aliphatic rings. The lowest BCUT2D eigenvalue weighted by Gasteiger charge is -2.33. The van der Waals surface area contributed by atoms with E-state index in [1.165, 1.54) is 23.3 Å². The van der Waals surface area contributed by atoms with E-state index in [0.717, 1.165) is 28.8 Å². The Kier molecular flexibility index (Phi) is 4.10. The standard InChI is InChI=1S/C17H22N4OS2/c1-10-5-4-7-20(9-10)13(14-11(2)6-8-23-14)15-16(22)21-17(24-15)18-12(3)19-21/h6,8,10,13,22H,4-5,7,9H2,1-3H3/p+1/t10-,13+/m0/s1. The molecule has 0 aliphatic carbocycles. The van der Waals surface area contributed by atoms with Gasteiger partial charge in [-0.1, -0.05) is 18.3 Å². The summed E-state index contributed by atoms with van der Waals surface area (Å²) in [7, 11) is 0. The molecule has 4 heterocycles. The first kappa shape index (κ1) is 16.1. The molecule has 1 unspecified atom stereocenters. The van der Waals surface area contributed by atoms with Crippen LogP contribution in [0.1, 0.15) is 46.9 Å². The highest BCUT2D eigenvalue weighted by molar-refractivity contribution is 7.17. The van der Waals surface area contributed by atoms with Crippen molar-refractivity contribution in [2.75, 3.05) is 13.1 Å². The molecule has 7 heteroatoms. The molecule has 0 bridgehead atoms. The van der Waals surface area contributed by atoms with Gasteiger partial charge < -0.3 is 10.0 Å². The maximum absolute atomic E-state index is 10.8. The van der Waals surface area contributed by atoms with E-state index in [0.29, 0.717) is 5.82 Å². The Hall–Kier alpha value is -1.44. The van der Waals surface area contributed by atoms with Gasteiger partial charge in [0.05, 0.1) is 18.0 Å². The van der Waals surface area contributed by atoms with Gasteiger partial charge in [-0.05, 0) is 43.7 Å². The number of quaternary nitrogens is 1. The summed E-state index contributed by atoms with van der Waals surface area (Å²) in [4.78, 5) is 9.13. The van der Waals surface area contributed by atoms with Gasteiger partial charge in [0.2, 0.25) is 10.8 Å². The highest BCUT2D eigenvalue weighted by Gasteiger charge is 2.36. The molecule has 0 saturated carbocycles. The highest BCUT2D eigenvalue weighted by atomic mass is 32.1. The normalized spacial score (nSPS) is 23.0. The number of fused-ring (bicyclic) bond motifs is 1. The number of hydrogen-bond donors (Lipinski definition) is 2. The van der Waals surface area contributed by atoms with Crippen LogP contribution in [0.3, 0.4) is 0 Å². The van der Waals surface area contributed by atoms with E-state index in [-0.39, 0.29) is 11.9 Å². The van der Waals surface area contributed by atoms with Crippen molar-refractivity contribution in [3.63, 3.8) is 0 Å². The topological polar surface area (TPSA) is 54.9 Å². The lowest BCUT2D eigenvalue weighted by Crippen LogP contribution is -3.13. The van der Waals surface area contributed by atoms with Crippen molar-refractivity contribution in [2.24, 2.45) is 5.92 Å². The molecule has 2 N–H and O–H groups in total. The number of hydrogen-bond acceptors (Lipinski definition) is 5. The number of aromatic nitrogens is 3. The van der Waals surface area contributed by atoms with Crippen molar-refractivity contribution < 1.29 is 10.0 Å². The van der Waals surface area contributed by atoms with Crippen molar-refractivity contribution in [1.82, 2.24) is 14.6 Å². The summed E-state index contributed by atoms with van der Waals surface area (Å²) in [6, 6.07) is 2.36. The number of aromatic hydroxyl groups is 1. The first-order valence-electron chi connectivity index (χ1n) is 8.48. The second-order valence-electron chi connectivity index (χ2n) is 6.90. The Morgan fingerprint density at radius 1 is 1.38 bits per heavy atom. The minimum atomic E-state index is 0.182. The molecule has 4 rings (SSSR count). The Bertz CT molecular complexity index is 865. The second kappa shape index (κ2) is 6.13. The fourth-order valence-corrected chi connectivity index (χ4v) is 6.13. The van der Waals surface area contributed by atoms with Gasteiger partial charge >= 0.3 is 0 Å². The molecule has 5 nitrogen and oxygen atoms in total. The summed E-state index contributed by atoms with van der Waals surface area (Å²) in [6.07, 6.45) is 2.55. The molecule has 1 aliphatic heterocycles. The van der Waals surface area contributed by atoms with Gasteiger partial charge in [0.1, 0.15) is 10.7 Å². The molecule has 3 atom stereocenters. The summed E-state index contributed by atoms with van der Waals surface area (Å²) in [6.45, 7) is 8.66. The van der Waals surface area contributed by atoms with Gasteiger partial charge in [-0.25, -0.2) is 4.98 Å². The zero-order valence-electron chi connectivity index (χ0n) is 14.2. The quantitative estimate of drug-likeness (QED) is 0.752. The Morgan fingerprint density at radius 2 is 2.21 bits per heavy atom. The number of aryl methyl sites for hydroxylation is 2. The van der Waals surface area contributed by atoms with Crippen LogP contribution in [0.15, 0.2) is 11.4 Å². The largest absolute Gasteiger partial charge is 0.492 e. The number of rotatable bonds is 3. The third-order valence-corrected chi connectivity index (χ3v) is 7.11. The Labute approximate surface area is 149 Å². The maximum Gasteiger partial charge on any atom is 0.235 e. The predicted octanol–water partition coefficient (Wildman–Crippen LogP) is 2.58. The molecule has 1 saturated heterocycles. The number of nitrogens with one attached hydrogen (secondary N) is 1. The number of thiazole rings is 1. The maximum atomic E-state index is 10.8. The molecule has 0 radical (unpaired) electrons.